The minimum Gasteiger partial charge on any atom is -0.497 e. The molecule has 1 saturated carbocycles. The standard InChI is InChI=1S/C18H27NO3/c1-13(11-14-7-9-16(22-2)10-8-14)18(21)19-17-6-4-3-5-15(17)12-20/h7-10,13,15,17,20H,3-6,11-12H2,1-2H3,(H,19,21). The fourth-order valence-electron chi connectivity index (χ4n) is 3.15. The number of methoxy groups -OCH3 is 1. The van der Waals surface area contributed by atoms with Gasteiger partial charge in [0.2, 0.25) is 5.91 Å². The number of aliphatic hydroxyl groups is 1. The second-order valence-corrected chi connectivity index (χ2v) is 6.30. The predicted molar refractivity (Wildman–Crippen MR) is 86.8 cm³/mol. The van der Waals surface area contributed by atoms with Crippen LogP contribution in [-0.4, -0.2) is 30.8 Å². The molecule has 22 heavy (non-hydrogen) atoms. The van der Waals surface area contributed by atoms with Crippen LogP contribution in [0.15, 0.2) is 24.3 Å². The van der Waals surface area contributed by atoms with Gasteiger partial charge in [-0.05, 0) is 37.0 Å². The number of amides is 1. The second kappa shape index (κ2) is 8.18. The molecule has 2 rings (SSSR count). The van der Waals surface area contributed by atoms with Crippen molar-refractivity contribution in [2.45, 2.75) is 45.1 Å². The summed E-state index contributed by atoms with van der Waals surface area (Å²) in [5.74, 6) is 1.05. The van der Waals surface area contributed by atoms with Crippen molar-refractivity contribution in [2.75, 3.05) is 13.7 Å². The van der Waals surface area contributed by atoms with E-state index in [0.717, 1.165) is 37.0 Å². The highest BCUT2D eigenvalue weighted by molar-refractivity contribution is 5.79. The van der Waals surface area contributed by atoms with Crippen LogP contribution < -0.4 is 10.1 Å². The summed E-state index contributed by atoms with van der Waals surface area (Å²) in [5.41, 5.74) is 1.13. The normalized spacial score (nSPS) is 22.9. The van der Waals surface area contributed by atoms with Gasteiger partial charge in [0.15, 0.2) is 0 Å². The minimum atomic E-state index is -0.0744. The summed E-state index contributed by atoms with van der Waals surface area (Å²) in [5, 5.41) is 12.6. The maximum Gasteiger partial charge on any atom is 0.223 e. The lowest BCUT2D eigenvalue weighted by Gasteiger charge is -2.31. The van der Waals surface area contributed by atoms with E-state index in [1.165, 1.54) is 0 Å². The molecule has 1 aromatic carbocycles. The van der Waals surface area contributed by atoms with Crippen molar-refractivity contribution in [3.05, 3.63) is 29.8 Å². The third-order valence-electron chi connectivity index (χ3n) is 4.62. The van der Waals surface area contributed by atoms with Crippen molar-refractivity contribution < 1.29 is 14.6 Å². The van der Waals surface area contributed by atoms with E-state index < -0.39 is 0 Å². The minimum absolute atomic E-state index is 0.0744. The Hall–Kier alpha value is -1.55. The number of rotatable bonds is 6. The largest absolute Gasteiger partial charge is 0.497 e. The summed E-state index contributed by atoms with van der Waals surface area (Å²) in [4.78, 5) is 12.4. The Labute approximate surface area is 132 Å². The molecule has 1 aliphatic carbocycles. The Balaban J connectivity index is 1.87. The van der Waals surface area contributed by atoms with Crippen LogP contribution in [0.5, 0.6) is 5.75 Å². The van der Waals surface area contributed by atoms with E-state index >= 15 is 0 Å². The van der Waals surface area contributed by atoms with Gasteiger partial charge in [-0.3, -0.25) is 4.79 Å². The molecule has 0 radical (unpaired) electrons. The topological polar surface area (TPSA) is 58.6 Å². The lowest BCUT2D eigenvalue weighted by atomic mass is 9.84. The average Bonchev–Trinajstić information content (AvgIpc) is 2.56. The number of carbonyl (C=O) groups excluding carboxylic acids is 1. The molecule has 2 N–H and O–H groups in total. The molecule has 4 nitrogen and oxygen atoms in total. The highest BCUT2D eigenvalue weighted by Gasteiger charge is 2.27. The molecule has 1 aliphatic rings. The summed E-state index contributed by atoms with van der Waals surface area (Å²) in [7, 11) is 1.65. The number of hydrogen-bond acceptors (Lipinski definition) is 3. The molecular weight excluding hydrogens is 278 g/mol. The molecule has 0 spiro atoms. The highest BCUT2D eigenvalue weighted by atomic mass is 16.5. The lowest BCUT2D eigenvalue weighted by Crippen LogP contribution is -2.45. The first-order valence-electron chi connectivity index (χ1n) is 8.18. The van der Waals surface area contributed by atoms with Gasteiger partial charge in [-0.15, -0.1) is 0 Å². The zero-order valence-electron chi connectivity index (χ0n) is 13.5. The first-order valence-corrected chi connectivity index (χ1v) is 8.18. The molecule has 0 aliphatic heterocycles. The third-order valence-corrected chi connectivity index (χ3v) is 4.62. The Bertz CT molecular complexity index is 472. The summed E-state index contributed by atoms with van der Waals surface area (Å²) < 4.78 is 5.14. The molecule has 0 bridgehead atoms. The van der Waals surface area contributed by atoms with Gasteiger partial charge >= 0.3 is 0 Å². The fraction of sp³-hybridized carbons (Fsp3) is 0.611. The maximum atomic E-state index is 12.4. The van der Waals surface area contributed by atoms with Crippen LogP contribution in [0.4, 0.5) is 0 Å². The van der Waals surface area contributed by atoms with Crippen LogP contribution in [0.1, 0.15) is 38.2 Å². The van der Waals surface area contributed by atoms with Gasteiger partial charge in [-0.2, -0.15) is 0 Å². The van der Waals surface area contributed by atoms with Crippen LogP contribution in [0.2, 0.25) is 0 Å². The van der Waals surface area contributed by atoms with Gasteiger partial charge in [0.1, 0.15) is 5.75 Å². The lowest BCUT2D eigenvalue weighted by molar-refractivity contribution is -0.126. The number of ether oxygens (including phenoxy) is 1. The molecule has 1 fully saturated rings. The molecule has 3 atom stereocenters. The summed E-state index contributed by atoms with van der Waals surface area (Å²) in [6, 6.07) is 7.97. The molecule has 122 valence electrons. The van der Waals surface area contributed by atoms with E-state index in [2.05, 4.69) is 5.32 Å². The summed E-state index contributed by atoms with van der Waals surface area (Å²) in [6.07, 6.45) is 4.99. The zero-order valence-corrected chi connectivity index (χ0v) is 13.5. The monoisotopic (exact) mass is 305 g/mol. The number of carbonyl (C=O) groups is 1. The first-order chi connectivity index (χ1) is 10.6. The van der Waals surface area contributed by atoms with E-state index in [-0.39, 0.29) is 30.4 Å². The van der Waals surface area contributed by atoms with Gasteiger partial charge in [0.05, 0.1) is 7.11 Å². The molecule has 1 amide bonds. The highest BCUT2D eigenvalue weighted by Crippen LogP contribution is 2.24. The molecule has 0 heterocycles. The average molecular weight is 305 g/mol. The molecule has 0 saturated heterocycles. The number of nitrogens with one attached hydrogen (secondary N) is 1. The predicted octanol–water partition coefficient (Wildman–Crippen LogP) is 2.54. The van der Waals surface area contributed by atoms with E-state index in [9.17, 15) is 9.90 Å². The van der Waals surface area contributed by atoms with Gasteiger partial charge in [-0.1, -0.05) is 31.9 Å². The van der Waals surface area contributed by atoms with Crippen LogP contribution in [0, 0.1) is 11.8 Å². The van der Waals surface area contributed by atoms with Crippen LogP contribution in [0.3, 0.4) is 0 Å². The van der Waals surface area contributed by atoms with E-state index in [1.54, 1.807) is 7.11 Å². The fourth-order valence-corrected chi connectivity index (χ4v) is 3.15. The van der Waals surface area contributed by atoms with Crippen molar-refractivity contribution in [2.24, 2.45) is 11.8 Å². The first kappa shape index (κ1) is 16.8. The van der Waals surface area contributed by atoms with E-state index in [0.29, 0.717) is 6.42 Å². The smallest absolute Gasteiger partial charge is 0.223 e. The number of benzene rings is 1. The summed E-state index contributed by atoms with van der Waals surface area (Å²) in [6.45, 7) is 2.12. The Morgan fingerprint density at radius 1 is 1.32 bits per heavy atom. The van der Waals surface area contributed by atoms with Crippen molar-refractivity contribution >= 4 is 5.91 Å². The SMILES string of the molecule is COc1ccc(CC(C)C(=O)NC2CCCCC2CO)cc1. The molecular formula is C18H27NO3. The van der Waals surface area contributed by atoms with Crippen molar-refractivity contribution in [1.82, 2.24) is 5.32 Å². The molecule has 4 heteroatoms. The van der Waals surface area contributed by atoms with Crippen LogP contribution in [-0.2, 0) is 11.2 Å². The molecule has 3 unspecified atom stereocenters. The summed E-state index contributed by atoms with van der Waals surface area (Å²) >= 11 is 0. The second-order valence-electron chi connectivity index (χ2n) is 6.30. The Morgan fingerprint density at radius 2 is 2.00 bits per heavy atom. The van der Waals surface area contributed by atoms with E-state index in [4.69, 9.17) is 4.74 Å². The van der Waals surface area contributed by atoms with Crippen molar-refractivity contribution in [1.29, 1.82) is 0 Å². The number of aliphatic hydroxyl groups excluding tert-OH is 1. The molecule has 1 aromatic rings. The van der Waals surface area contributed by atoms with Crippen molar-refractivity contribution in [3.63, 3.8) is 0 Å². The molecule has 0 aromatic heterocycles. The van der Waals surface area contributed by atoms with Gasteiger partial charge in [-0.25, -0.2) is 0 Å². The maximum absolute atomic E-state index is 12.4. The van der Waals surface area contributed by atoms with Gasteiger partial charge in [0, 0.05) is 24.5 Å². The van der Waals surface area contributed by atoms with Crippen LogP contribution in [0.25, 0.3) is 0 Å². The van der Waals surface area contributed by atoms with Gasteiger partial charge in [0.25, 0.3) is 0 Å². The quantitative estimate of drug-likeness (QED) is 0.849. The zero-order chi connectivity index (χ0) is 15.9. The van der Waals surface area contributed by atoms with Gasteiger partial charge < -0.3 is 15.2 Å². The van der Waals surface area contributed by atoms with Crippen molar-refractivity contribution in [3.8, 4) is 5.75 Å². The Morgan fingerprint density at radius 3 is 2.64 bits per heavy atom. The number of hydrogen-bond donors (Lipinski definition) is 2. The van der Waals surface area contributed by atoms with Crippen LogP contribution >= 0.6 is 0 Å². The Kier molecular flexibility index (Phi) is 6.25. The van der Waals surface area contributed by atoms with E-state index in [1.807, 2.05) is 31.2 Å². The third kappa shape index (κ3) is 4.47.